The molecule has 108 valence electrons. The summed E-state index contributed by atoms with van der Waals surface area (Å²) >= 11 is 0. The minimum Gasteiger partial charge on any atom is -0.353 e. The summed E-state index contributed by atoms with van der Waals surface area (Å²) in [7, 11) is 0. The average Bonchev–Trinajstić information content (AvgIpc) is 3.27. The summed E-state index contributed by atoms with van der Waals surface area (Å²) in [5, 5.41) is 5.63. The van der Waals surface area contributed by atoms with Crippen LogP contribution in [0.2, 0.25) is 0 Å². The predicted octanol–water partition coefficient (Wildman–Crippen LogP) is 0.156. The van der Waals surface area contributed by atoms with Crippen LogP contribution in [0.1, 0.15) is 36.2 Å². The van der Waals surface area contributed by atoms with Crippen molar-refractivity contribution in [3.63, 3.8) is 0 Å². The molecule has 0 saturated heterocycles. The van der Waals surface area contributed by atoms with Gasteiger partial charge in [0.1, 0.15) is 5.69 Å². The van der Waals surface area contributed by atoms with Gasteiger partial charge in [-0.1, -0.05) is 0 Å². The predicted molar refractivity (Wildman–Crippen MR) is 74.8 cm³/mol. The van der Waals surface area contributed by atoms with Crippen molar-refractivity contribution in [2.45, 2.75) is 31.7 Å². The molecule has 1 aromatic heterocycles. The van der Waals surface area contributed by atoms with Gasteiger partial charge in [0.2, 0.25) is 5.91 Å². The number of hydrogen-bond donors (Lipinski definition) is 4. The van der Waals surface area contributed by atoms with Gasteiger partial charge in [0.05, 0.1) is 5.69 Å². The van der Waals surface area contributed by atoms with Gasteiger partial charge in [-0.05, 0) is 31.4 Å². The summed E-state index contributed by atoms with van der Waals surface area (Å²) in [5.74, 6) is 5.04. The Hall–Kier alpha value is -2.15. The van der Waals surface area contributed by atoms with Crippen LogP contribution in [-0.4, -0.2) is 29.4 Å². The molecule has 0 spiro atoms. The molecule has 7 nitrogen and oxygen atoms in total. The average molecular weight is 277 g/mol. The van der Waals surface area contributed by atoms with Crippen LogP contribution in [0.4, 0.5) is 5.69 Å². The van der Waals surface area contributed by atoms with Crippen molar-refractivity contribution in [3.05, 3.63) is 24.0 Å². The van der Waals surface area contributed by atoms with E-state index in [4.69, 9.17) is 5.84 Å². The Labute approximate surface area is 117 Å². The minimum atomic E-state index is -0.273. The van der Waals surface area contributed by atoms with Crippen LogP contribution in [0.3, 0.4) is 0 Å². The van der Waals surface area contributed by atoms with Gasteiger partial charge in [-0.25, -0.2) is 0 Å². The van der Waals surface area contributed by atoms with E-state index in [1.165, 1.54) is 6.20 Å². The molecule has 7 heteroatoms. The number of hydrogen-bond acceptors (Lipinski definition) is 5. The topological polar surface area (TPSA) is 109 Å². The van der Waals surface area contributed by atoms with Crippen LogP contribution in [-0.2, 0) is 4.79 Å². The van der Waals surface area contributed by atoms with Crippen LogP contribution in [0, 0.1) is 0 Å². The molecule has 1 saturated carbocycles. The van der Waals surface area contributed by atoms with E-state index in [0.717, 1.165) is 12.8 Å². The second-order valence-corrected chi connectivity index (χ2v) is 4.78. The molecule has 1 aromatic rings. The first-order chi connectivity index (χ1) is 9.69. The largest absolute Gasteiger partial charge is 0.353 e. The van der Waals surface area contributed by atoms with E-state index in [2.05, 4.69) is 21.0 Å². The molecule has 0 unspecified atom stereocenters. The van der Waals surface area contributed by atoms with Crippen molar-refractivity contribution in [2.24, 2.45) is 5.84 Å². The number of nitrogens with one attached hydrogen (secondary N) is 3. The fraction of sp³-hybridized carbons (Fsp3) is 0.462. The molecule has 0 bridgehead atoms. The Bertz CT molecular complexity index is 487. The molecule has 1 heterocycles. The van der Waals surface area contributed by atoms with Crippen LogP contribution in [0.5, 0.6) is 0 Å². The second kappa shape index (κ2) is 6.85. The van der Waals surface area contributed by atoms with Gasteiger partial charge in [-0.3, -0.25) is 20.4 Å². The summed E-state index contributed by atoms with van der Waals surface area (Å²) in [6.07, 6.45) is 4.71. The van der Waals surface area contributed by atoms with Crippen molar-refractivity contribution >= 4 is 17.5 Å². The maximum atomic E-state index is 11.8. The molecule has 0 radical (unpaired) electrons. The van der Waals surface area contributed by atoms with E-state index < -0.39 is 0 Å². The van der Waals surface area contributed by atoms with Crippen molar-refractivity contribution in [3.8, 4) is 0 Å². The highest BCUT2D eigenvalue weighted by Gasteiger charge is 2.22. The van der Waals surface area contributed by atoms with Gasteiger partial charge in [0.15, 0.2) is 0 Å². The number of anilines is 1. The van der Waals surface area contributed by atoms with E-state index in [0.29, 0.717) is 36.8 Å². The van der Waals surface area contributed by atoms with E-state index >= 15 is 0 Å². The number of nitrogens with zero attached hydrogens (tertiary/aromatic N) is 1. The summed E-state index contributed by atoms with van der Waals surface area (Å²) in [6, 6.07) is 3.61. The summed E-state index contributed by atoms with van der Waals surface area (Å²) in [4.78, 5) is 27.2. The quantitative estimate of drug-likeness (QED) is 0.322. The van der Waals surface area contributed by atoms with Gasteiger partial charge in [0.25, 0.3) is 5.91 Å². The third kappa shape index (κ3) is 4.51. The maximum Gasteiger partial charge on any atom is 0.269 e. The van der Waals surface area contributed by atoms with E-state index in [1.54, 1.807) is 12.1 Å². The third-order valence-corrected chi connectivity index (χ3v) is 2.97. The van der Waals surface area contributed by atoms with Crippen molar-refractivity contribution in [1.29, 1.82) is 0 Å². The standard InChI is InChI=1S/C13H19N5O2/c14-18-10-5-7-15-11(8-10)13(20)16-6-1-2-12(19)17-9-3-4-9/h5,7-9H,1-4,6,14H2,(H,15,18)(H,16,20)(H,17,19). The van der Waals surface area contributed by atoms with E-state index in [-0.39, 0.29) is 11.8 Å². The summed E-state index contributed by atoms with van der Waals surface area (Å²) in [6.45, 7) is 0.443. The Kier molecular flexibility index (Phi) is 4.89. The fourth-order valence-corrected chi connectivity index (χ4v) is 1.71. The molecule has 0 aliphatic heterocycles. The summed E-state index contributed by atoms with van der Waals surface area (Å²) < 4.78 is 0. The zero-order chi connectivity index (χ0) is 14.4. The molecule has 2 amide bonds. The Morgan fingerprint density at radius 3 is 2.90 bits per heavy atom. The van der Waals surface area contributed by atoms with Crippen molar-refractivity contribution < 1.29 is 9.59 Å². The molecule has 0 atom stereocenters. The van der Waals surface area contributed by atoms with Crippen molar-refractivity contribution in [2.75, 3.05) is 12.0 Å². The van der Waals surface area contributed by atoms with Gasteiger partial charge in [-0.2, -0.15) is 0 Å². The normalized spacial score (nSPS) is 13.7. The first kappa shape index (κ1) is 14.3. The van der Waals surface area contributed by atoms with Gasteiger partial charge >= 0.3 is 0 Å². The Morgan fingerprint density at radius 1 is 1.40 bits per heavy atom. The number of carbonyl (C=O) groups is 2. The summed E-state index contributed by atoms with van der Waals surface area (Å²) in [5.41, 5.74) is 3.37. The van der Waals surface area contributed by atoms with Crippen molar-refractivity contribution in [1.82, 2.24) is 15.6 Å². The number of nitrogen functional groups attached to an aromatic ring is 1. The Morgan fingerprint density at radius 2 is 2.20 bits per heavy atom. The lowest BCUT2D eigenvalue weighted by Crippen LogP contribution is -2.28. The molecule has 1 aliphatic carbocycles. The first-order valence-corrected chi connectivity index (χ1v) is 6.69. The smallest absolute Gasteiger partial charge is 0.269 e. The molecular weight excluding hydrogens is 258 g/mol. The molecule has 0 aromatic carbocycles. The number of nitrogens with two attached hydrogens (primary N) is 1. The highest BCUT2D eigenvalue weighted by atomic mass is 16.2. The van der Waals surface area contributed by atoms with Gasteiger partial charge in [0, 0.05) is 25.2 Å². The maximum absolute atomic E-state index is 11.8. The fourth-order valence-electron chi connectivity index (χ4n) is 1.71. The highest BCUT2D eigenvalue weighted by molar-refractivity contribution is 5.93. The van der Waals surface area contributed by atoms with Crippen LogP contribution < -0.4 is 21.9 Å². The SMILES string of the molecule is NNc1ccnc(C(=O)NCCCC(=O)NC2CC2)c1. The van der Waals surface area contributed by atoms with Crippen LogP contribution in [0.15, 0.2) is 18.3 Å². The number of rotatable bonds is 7. The Balaban J connectivity index is 1.67. The van der Waals surface area contributed by atoms with Gasteiger partial charge < -0.3 is 16.1 Å². The zero-order valence-electron chi connectivity index (χ0n) is 11.2. The molecular formula is C13H19N5O2. The lowest BCUT2D eigenvalue weighted by atomic mass is 10.2. The number of aromatic nitrogens is 1. The molecule has 5 N–H and O–H groups in total. The second-order valence-electron chi connectivity index (χ2n) is 4.78. The minimum absolute atomic E-state index is 0.0502. The molecule has 2 rings (SSSR count). The van der Waals surface area contributed by atoms with Gasteiger partial charge in [-0.15, -0.1) is 0 Å². The lowest BCUT2D eigenvalue weighted by molar-refractivity contribution is -0.121. The number of carbonyl (C=O) groups excluding carboxylic acids is 2. The molecule has 20 heavy (non-hydrogen) atoms. The highest BCUT2D eigenvalue weighted by Crippen LogP contribution is 2.18. The third-order valence-electron chi connectivity index (χ3n) is 2.97. The number of pyridine rings is 1. The zero-order valence-corrected chi connectivity index (χ0v) is 11.2. The molecule has 1 aliphatic rings. The first-order valence-electron chi connectivity index (χ1n) is 6.69. The number of hydrazine groups is 1. The lowest BCUT2D eigenvalue weighted by Gasteiger charge is -2.06. The van der Waals surface area contributed by atoms with Crippen LogP contribution >= 0.6 is 0 Å². The van der Waals surface area contributed by atoms with E-state index in [1.807, 2.05) is 0 Å². The number of amides is 2. The molecule has 1 fully saturated rings. The van der Waals surface area contributed by atoms with Crippen LogP contribution in [0.25, 0.3) is 0 Å². The monoisotopic (exact) mass is 277 g/mol. The van der Waals surface area contributed by atoms with E-state index in [9.17, 15) is 9.59 Å².